The average Bonchev–Trinajstić information content (AvgIpc) is 2.62. The van der Waals surface area contributed by atoms with Gasteiger partial charge in [0.1, 0.15) is 17.4 Å². The lowest BCUT2D eigenvalue weighted by molar-refractivity contribution is -0.137. The highest BCUT2D eigenvalue weighted by molar-refractivity contribution is 5.98. The van der Waals surface area contributed by atoms with Crippen LogP contribution in [0.15, 0.2) is 54.1 Å². The highest BCUT2D eigenvalue weighted by atomic mass is 16.5. The standard InChI is InChI=1S/C20H17NO4/c1-3-24-19(22)17(13-21)12-15-6-8-16(9-7-15)20(23)25-18-10-4-14(2)5-11-18/h4-12H,3H2,1-2H3/b17-12+. The van der Waals surface area contributed by atoms with Crippen LogP contribution in [0.1, 0.15) is 28.4 Å². The molecule has 0 fully saturated rings. The van der Waals surface area contributed by atoms with Gasteiger partial charge in [-0.3, -0.25) is 0 Å². The fraction of sp³-hybridized carbons (Fsp3) is 0.150. The van der Waals surface area contributed by atoms with Gasteiger partial charge in [-0.1, -0.05) is 29.8 Å². The van der Waals surface area contributed by atoms with Crippen molar-refractivity contribution in [2.24, 2.45) is 0 Å². The van der Waals surface area contributed by atoms with Gasteiger partial charge in [0.25, 0.3) is 0 Å². The van der Waals surface area contributed by atoms with Crippen molar-refractivity contribution in [2.75, 3.05) is 6.61 Å². The summed E-state index contributed by atoms with van der Waals surface area (Å²) in [6, 6.07) is 15.4. The first-order valence-electron chi connectivity index (χ1n) is 7.71. The Morgan fingerprint density at radius 3 is 2.28 bits per heavy atom. The van der Waals surface area contributed by atoms with Crippen LogP contribution in [0.25, 0.3) is 6.08 Å². The zero-order chi connectivity index (χ0) is 18.2. The molecule has 0 aliphatic rings. The van der Waals surface area contributed by atoms with Crippen molar-refractivity contribution in [1.82, 2.24) is 0 Å². The van der Waals surface area contributed by atoms with Crippen LogP contribution in [0, 0.1) is 18.3 Å². The van der Waals surface area contributed by atoms with Crippen molar-refractivity contribution in [3.8, 4) is 11.8 Å². The lowest BCUT2D eigenvalue weighted by Gasteiger charge is -2.05. The summed E-state index contributed by atoms with van der Waals surface area (Å²) >= 11 is 0. The quantitative estimate of drug-likeness (QED) is 0.360. The van der Waals surface area contributed by atoms with Crippen molar-refractivity contribution in [3.05, 3.63) is 70.8 Å². The molecule has 0 aliphatic carbocycles. The number of carbonyl (C=O) groups is 2. The third-order valence-corrected chi connectivity index (χ3v) is 3.30. The molecule has 5 nitrogen and oxygen atoms in total. The highest BCUT2D eigenvalue weighted by Gasteiger charge is 2.11. The van der Waals surface area contributed by atoms with E-state index < -0.39 is 11.9 Å². The minimum Gasteiger partial charge on any atom is -0.462 e. The second kappa shape index (κ2) is 8.46. The molecule has 0 saturated carbocycles. The van der Waals surface area contributed by atoms with E-state index in [2.05, 4.69) is 0 Å². The van der Waals surface area contributed by atoms with Gasteiger partial charge in [-0.2, -0.15) is 5.26 Å². The largest absolute Gasteiger partial charge is 0.462 e. The summed E-state index contributed by atoms with van der Waals surface area (Å²) in [6.07, 6.45) is 1.41. The van der Waals surface area contributed by atoms with Crippen molar-refractivity contribution in [1.29, 1.82) is 5.26 Å². The molecule has 0 radical (unpaired) electrons. The molecule has 0 aliphatic heterocycles. The van der Waals surface area contributed by atoms with Gasteiger partial charge in [-0.25, -0.2) is 9.59 Å². The Balaban J connectivity index is 2.11. The predicted octanol–water partition coefficient (Wildman–Crippen LogP) is 3.68. The fourth-order valence-electron chi connectivity index (χ4n) is 2.00. The molecule has 0 atom stereocenters. The number of nitriles is 1. The summed E-state index contributed by atoms with van der Waals surface area (Å²) in [7, 11) is 0. The van der Waals surface area contributed by atoms with Crippen LogP contribution in [0.4, 0.5) is 0 Å². The van der Waals surface area contributed by atoms with Gasteiger partial charge in [0.2, 0.25) is 0 Å². The Kier molecular flexibility index (Phi) is 6.08. The van der Waals surface area contributed by atoms with Gasteiger partial charge in [0, 0.05) is 0 Å². The van der Waals surface area contributed by atoms with Gasteiger partial charge >= 0.3 is 11.9 Å². The van der Waals surface area contributed by atoms with Gasteiger partial charge in [-0.15, -0.1) is 0 Å². The first-order valence-corrected chi connectivity index (χ1v) is 7.71. The molecule has 0 heterocycles. The predicted molar refractivity (Wildman–Crippen MR) is 92.8 cm³/mol. The Morgan fingerprint density at radius 1 is 1.08 bits per heavy atom. The maximum Gasteiger partial charge on any atom is 0.348 e. The smallest absolute Gasteiger partial charge is 0.348 e. The average molecular weight is 335 g/mol. The van der Waals surface area contributed by atoms with E-state index in [9.17, 15) is 9.59 Å². The third-order valence-electron chi connectivity index (χ3n) is 3.30. The summed E-state index contributed by atoms with van der Waals surface area (Å²) in [5, 5.41) is 9.02. The minimum absolute atomic E-state index is 0.100. The number of nitrogens with zero attached hydrogens (tertiary/aromatic N) is 1. The Labute approximate surface area is 146 Å². The van der Waals surface area contributed by atoms with Crippen molar-refractivity contribution in [2.45, 2.75) is 13.8 Å². The SMILES string of the molecule is CCOC(=O)/C(C#N)=C/c1ccc(C(=O)Oc2ccc(C)cc2)cc1. The molecule has 0 saturated heterocycles. The second-order valence-electron chi connectivity index (χ2n) is 5.21. The van der Waals surface area contributed by atoms with Crippen LogP contribution in [-0.4, -0.2) is 18.5 Å². The molecule has 25 heavy (non-hydrogen) atoms. The maximum absolute atomic E-state index is 12.1. The van der Waals surface area contributed by atoms with Crippen LogP contribution in [0.3, 0.4) is 0 Å². The van der Waals surface area contributed by atoms with E-state index in [1.807, 2.05) is 19.1 Å². The minimum atomic E-state index is -0.673. The summed E-state index contributed by atoms with van der Waals surface area (Å²) in [4.78, 5) is 23.7. The van der Waals surface area contributed by atoms with Crippen LogP contribution < -0.4 is 4.74 Å². The molecule has 5 heteroatoms. The summed E-state index contributed by atoms with van der Waals surface area (Å²) in [6.45, 7) is 3.81. The maximum atomic E-state index is 12.1. The Morgan fingerprint density at radius 2 is 1.72 bits per heavy atom. The lowest BCUT2D eigenvalue weighted by Crippen LogP contribution is -2.08. The molecule has 2 rings (SSSR count). The van der Waals surface area contributed by atoms with Gasteiger partial charge in [0.05, 0.1) is 12.2 Å². The number of ether oxygens (including phenoxy) is 2. The van der Waals surface area contributed by atoms with Crippen LogP contribution in [-0.2, 0) is 9.53 Å². The van der Waals surface area contributed by atoms with E-state index in [0.717, 1.165) is 5.56 Å². The van der Waals surface area contributed by atoms with E-state index >= 15 is 0 Å². The second-order valence-corrected chi connectivity index (χ2v) is 5.21. The normalized spacial score (nSPS) is 10.7. The molecule has 0 unspecified atom stereocenters. The number of hydrogen-bond acceptors (Lipinski definition) is 5. The van der Waals surface area contributed by atoms with E-state index in [1.54, 1.807) is 49.4 Å². The molecule has 2 aromatic rings. The monoisotopic (exact) mass is 335 g/mol. The molecular formula is C20H17NO4. The van der Waals surface area contributed by atoms with Crippen LogP contribution in [0.2, 0.25) is 0 Å². The Hall–Kier alpha value is -3.39. The summed E-state index contributed by atoms with van der Waals surface area (Å²) in [5.74, 6) is -0.688. The number of benzene rings is 2. The van der Waals surface area contributed by atoms with Gasteiger partial charge in [-0.05, 0) is 49.8 Å². The molecule has 0 N–H and O–H groups in total. The topological polar surface area (TPSA) is 76.4 Å². The lowest BCUT2D eigenvalue weighted by atomic mass is 10.1. The highest BCUT2D eigenvalue weighted by Crippen LogP contribution is 2.15. The zero-order valence-corrected chi connectivity index (χ0v) is 14.0. The molecular weight excluding hydrogens is 318 g/mol. The van der Waals surface area contributed by atoms with E-state index in [0.29, 0.717) is 16.9 Å². The van der Waals surface area contributed by atoms with Crippen LogP contribution in [0.5, 0.6) is 5.75 Å². The fourth-order valence-corrected chi connectivity index (χ4v) is 2.00. The van der Waals surface area contributed by atoms with Crippen molar-refractivity contribution >= 4 is 18.0 Å². The number of aryl methyl sites for hydroxylation is 1. The summed E-state index contributed by atoms with van der Waals surface area (Å²) in [5.41, 5.74) is 1.95. The first-order chi connectivity index (χ1) is 12.0. The van der Waals surface area contributed by atoms with Gasteiger partial charge in [0.15, 0.2) is 0 Å². The van der Waals surface area contributed by atoms with Crippen molar-refractivity contribution < 1.29 is 19.1 Å². The number of carbonyl (C=O) groups excluding carboxylic acids is 2. The van der Waals surface area contributed by atoms with E-state index in [-0.39, 0.29) is 12.2 Å². The van der Waals surface area contributed by atoms with Gasteiger partial charge < -0.3 is 9.47 Å². The van der Waals surface area contributed by atoms with E-state index in [1.165, 1.54) is 6.08 Å². The summed E-state index contributed by atoms with van der Waals surface area (Å²) < 4.78 is 10.1. The van der Waals surface area contributed by atoms with Crippen LogP contribution >= 0.6 is 0 Å². The molecule has 2 aromatic carbocycles. The first kappa shape index (κ1) is 18.0. The van der Waals surface area contributed by atoms with E-state index in [4.69, 9.17) is 14.7 Å². The molecule has 0 spiro atoms. The molecule has 0 aromatic heterocycles. The number of hydrogen-bond donors (Lipinski definition) is 0. The molecule has 0 amide bonds. The molecule has 126 valence electrons. The Bertz CT molecular complexity index is 827. The number of esters is 2. The zero-order valence-electron chi connectivity index (χ0n) is 14.0. The van der Waals surface area contributed by atoms with Crippen molar-refractivity contribution in [3.63, 3.8) is 0 Å². The third kappa shape index (κ3) is 5.05. The number of rotatable bonds is 5. The molecule has 0 bridgehead atoms.